The first kappa shape index (κ1) is 14.8. The second kappa shape index (κ2) is 7.26. The molecule has 0 aliphatic carbocycles. The zero-order valence-corrected chi connectivity index (χ0v) is 11.6. The predicted octanol–water partition coefficient (Wildman–Crippen LogP) is 0.624. The minimum Gasteiger partial charge on any atom is -0.491 e. The Morgan fingerprint density at radius 2 is 2.00 bits per heavy atom. The number of β-amino-alcohol motifs (C(OH)–C–C–N with tert-alkyl or cyclic N) is 1. The fraction of sp³-hybridized carbons (Fsp3) is 0.533. The molecule has 110 valence electrons. The molecule has 3 N–H and O–H groups in total. The van der Waals surface area contributed by atoms with Gasteiger partial charge in [-0.15, -0.1) is 0 Å². The van der Waals surface area contributed by atoms with Crippen molar-refractivity contribution < 1.29 is 14.6 Å². The van der Waals surface area contributed by atoms with E-state index in [1.807, 2.05) is 30.3 Å². The molecule has 1 heterocycles. The molecule has 1 atom stereocenters. The predicted molar refractivity (Wildman–Crippen MR) is 76.3 cm³/mol. The molecule has 0 unspecified atom stereocenters. The van der Waals surface area contributed by atoms with Crippen LogP contribution in [0.1, 0.15) is 12.8 Å². The Balaban J connectivity index is 1.68. The van der Waals surface area contributed by atoms with Gasteiger partial charge in [-0.1, -0.05) is 18.2 Å². The van der Waals surface area contributed by atoms with E-state index in [0.29, 0.717) is 6.54 Å². The number of aliphatic hydroxyl groups is 1. The maximum Gasteiger partial charge on any atom is 0.220 e. The molecule has 1 aromatic rings. The van der Waals surface area contributed by atoms with Crippen molar-refractivity contribution in [3.05, 3.63) is 30.3 Å². The molecule has 0 saturated carbocycles. The lowest BCUT2D eigenvalue weighted by Gasteiger charge is -2.31. The molecule has 5 nitrogen and oxygen atoms in total. The van der Waals surface area contributed by atoms with Crippen LogP contribution >= 0.6 is 0 Å². The minimum atomic E-state index is -0.527. The Hall–Kier alpha value is -1.59. The van der Waals surface area contributed by atoms with Crippen LogP contribution in [0.2, 0.25) is 0 Å². The summed E-state index contributed by atoms with van der Waals surface area (Å²) in [5.74, 6) is 0.542. The highest BCUT2D eigenvalue weighted by molar-refractivity contribution is 5.76. The summed E-state index contributed by atoms with van der Waals surface area (Å²) in [6.07, 6.45) is 1.03. The molecule has 1 aliphatic rings. The lowest BCUT2D eigenvalue weighted by Crippen LogP contribution is -2.43. The van der Waals surface area contributed by atoms with Gasteiger partial charge in [0.1, 0.15) is 18.5 Å². The average Bonchev–Trinajstić information content (AvgIpc) is 2.47. The van der Waals surface area contributed by atoms with Crippen LogP contribution in [0, 0.1) is 5.92 Å². The molecule has 5 heteroatoms. The van der Waals surface area contributed by atoms with Gasteiger partial charge in [0.15, 0.2) is 0 Å². The van der Waals surface area contributed by atoms with Crippen molar-refractivity contribution in [2.24, 2.45) is 11.7 Å². The number of primary amides is 1. The van der Waals surface area contributed by atoms with Gasteiger partial charge in [-0.25, -0.2) is 0 Å². The number of nitrogens with zero attached hydrogens (tertiary/aromatic N) is 1. The number of amides is 1. The van der Waals surface area contributed by atoms with Gasteiger partial charge in [-0.05, 0) is 38.1 Å². The zero-order chi connectivity index (χ0) is 14.4. The summed E-state index contributed by atoms with van der Waals surface area (Å²) >= 11 is 0. The number of nitrogens with two attached hydrogens (primary N) is 1. The van der Waals surface area contributed by atoms with E-state index < -0.39 is 6.10 Å². The average molecular weight is 278 g/mol. The first-order valence-corrected chi connectivity index (χ1v) is 7.02. The zero-order valence-electron chi connectivity index (χ0n) is 11.6. The summed E-state index contributed by atoms with van der Waals surface area (Å²) in [4.78, 5) is 13.2. The van der Waals surface area contributed by atoms with E-state index in [-0.39, 0.29) is 18.4 Å². The van der Waals surface area contributed by atoms with Gasteiger partial charge < -0.3 is 20.5 Å². The Kier molecular flexibility index (Phi) is 5.38. The van der Waals surface area contributed by atoms with Crippen LogP contribution in [-0.4, -0.2) is 48.3 Å². The van der Waals surface area contributed by atoms with Crippen molar-refractivity contribution >= 4 is 5.91 Å². The van der Waals surface area contributed by atoms with Crippen LogP contribution in [0.15, 0.2) is 30.3 Å². The van der Waals surface area contributed by atoms with E-state index in [9.17, 15) is 9.90 Å². The molecule has 1 saturated heterocycles. The number of likely N-dealkylation sites (tertiary alicyclic amines) is 1. The van der Waals surface area contributed by atoms with Crippen molar-refractivity contribution in [2.75, 3.05) is 26.2 Å². The number of ether oxygens (including phenoxy) is 1. The van der Waals surface area contributed by atoms with E-state index in [0.717, 1.165) is 31.7 Å². The van der Waals surface area contributed by atoms with Crippen LogP contribution in [0.4, 0.5) is 0 Å². The molecular weight excluding hydrogens is 256 g/mol. The molecule has 0 bridgehead atoms. The summed E-state index contributed by atoms with van der Waals surface area (Å²) < 4.78 is 5.52. The standard InChI is InChI=1S/C15H22N2O3/c16-15(19)12-6-8-17(9-7-12)10-13(18)11-20-14-4-2-1-3-5-14/h1-5,12-13,18H,6-11H2,(H2,16,19)/t13-/m1/s1. The maximum absolute atomic E-state index is 11.1. The van der Waals surface area contributed by atoms with E-state index in [4.69, 9.17) is 10.5 Å². The smallest absolute Gasteiger partial charge is 0.220 e. The number of para-hydroxylation sites is 1. The molecule has 1 aromatic carbocycles. The third-order valence-corrected chi connectivity index (χ3v) is 3.64. The van der Waals surface area contributed by atoms with E-state index in [1.54, 1.807) is 0 Å². The fourth-order valence-electron chi connectivity index (χ4n) is 2.46. The van der Waals surface area contributed by atoms with Crippen LogP contribution in [0.3, 0.4) is 0 Å². The first-order valence-electron chi connectivity index (χ1n) is 7.02. The number of carbonyl (C=O) groups is 1. The third kappa shape index (κ3) is 4.51. The molecule has 2 rings (SSSR count). The highest BCUT2D eigenvalue weighted by Crippen LogP contribution is 2.17. The summed E-state index contributed by atoms with van der Waals surface area (Å²) in [7, 11) is 0. The molecule has 20 heavy (non-hydrogen) atoms. The number of carbonyl (C=O) groups excluding carboxylic acids is 1. The van der Waals surface area contributed by atoms with Crippen LogP contribution in [0.5, 0.6) is 5.75 Å². The SMILES string of the molecule is NC(=O)C1CCN(C[C@@H](O)COc2ccccc2)CC1. The van der Waals surface area contributed by atoms with Gasteiger partial charge in [0.2, 0.25) is 5.91 Å². The minimum absolute atomic E-state index is 0.0102. The van der Waals surface area contributed by atoms with Crippen molar-refractivity contribution in [3.8, 4) is 5.75 Å². The van der Waals surface area contributed by atoms with Gasteiger partial charge in [-0.3, -0.25) is 4.79 Å². The lowest BCUT2D eigenvalue weighted by atomic mass is 9.96. The van der Waals surface area contributed by atoms with Gasteiger partial charge in [0, 0.05) is 12.5 Å². The lowest BCUT2D eigenvalue weighted by molar-refractivity contribution is -0.123. The van der Waals surface area contributed by atoms with Crippen molar-refractivity contribution in [1.29, 1.82) is 0 Å². The highest BCUT2D eigenvalue weighted by atomic mass is 16.5. The molecule has 1 aliphatic heterocycles. The van der Waals surface area contributed by atoms with Gasteiger partial charge in [-0.2, -0.15) is 0 Å². The molecular formula is C15H22N2O3. The number of aliphatic hydroxyl groups excluding tert-OH is 1. The Bertz CT molecular complexity index is 416. The Morgan fingerprint density at radius 3 is 2.60 bits per heavy atom. The second-order valence-electron chi connectivity index (χ2n) is 5.26. The number of hydrogen-bond donors (Lipinski definition) is 2. The molecule has 1 fully saturated rings. The van der Waals surface area contributed by atoms with E-state index in [1.165, 1.54) is 0 Å². The highest BCUT2D eigenvalue weighted by Gasteiger charge is 2.24. The number of benzene rings is 1. The summed E-state index contributed by atoms with van der Waals surface area (Å²) in [6.45, 7) is 2.45. The van der Waals surface area contributed by atoms with Crippen molar-refractivity contribution in [2.45, 2.75) is 18.9 Å². The van der Waals surface area contributed by atoms with Gasteiger partial charge in [0.05, 0.1) is 0 Å². The quantitative estimate of drug-likeness (QED) is 0.800. The normalized spacial score (nSPS) is 18.6. The molecule has 1 amide bonds. The molecule has 0 aromatic heterocycles. The molecule has 0 spiro atoms. The summed E-state index contributed by atoms with van der Waals surface area (Å²) in [5.41, 5.74) is 5.30. The largest absolute Gasteiger partial charge is 0.491 e. The van der Waals surface area contributed by atoms with Crippen LogP contribution in [-0.2, 0) is 4.79 Å². The summed E-state index contributed by atoms with van der Waals surface area (Å²) in [5, 5.41) is 9.98. The summed E-state index contributed by atoms with van der Waals surface area (Å²) in [6, 6.07) is 9.45. The van der Waals surface area contributed by atoms with Crippen LogP contribution < -0.4 is 10.5 Å². The Labute approximate surface area is 119 Å². The van der Waals surface area contributed by atoms with E-state index >= 15 is 0 Å². The monoisotopic (exact) mass is 278 g/mol. The maximum atomic E-state index is 11.1. The van der Waals surface area contributed by atoms with E-state index in [2.05, 4.69) is 4.90 Å². The van der Waals surface area contributed by atoms with Crippen molar-refractivity contribution in [3.63, 3.8) is 0 Å². The topological polar surface area (TPSA) is 75.8 Å². The molecule has 0 radical (unpaired) electrons. The number of rotatable bonds is 6. The first-order chi connectivity index (χ1) is 9.65. The number of hydrogen-bond acceptors (Lipinski definition) is 4. The van der Waals surface area contributed by atoms with Crippen LogP contribution in [0.25, 0.3) is 0 Å². The van der Waals surface area contributed by atoms with Gasteiger partial charge in [0.25, 0.3) is 0 Å². The van der Waals surface area contributed by atoms with Gasteiger partial charge >= 0.3 is 0 Å². The third-order valence-electron chi connectivity index (χ3n) is 3.64. The number of piperidine rings is 1. The second-order valence-corrected chi connectivity index (χ2v) is 5.26. The Morgan fingerprint density at radius 1 is 1.35 bits per heavy atom. The fourth-order valence-corrected chi connectivity index (χ4v) is 2.46. The van der Waals surface area contributed by atoms with Crippen molar-refractivity contribution in [1.82, 2.24) is 4.90 Å².